The van der Waals surface area contributed by atoms with Crippen molar-refractivity contribution < 1.29 is 9.21 Å². The minimum Gasteiger partial charge on any atom is -0.441 e. The number of nitrogens with one attached hydrogen (secondary N) is 1. The van der Waals surface area contributed by atoms with Gasteiger partial charge in [0.25, 0.3) is 0 Å². The van der Waals surface area contributed by atoms with Crippen LogP contribution in [0.1, 0.15) is 23.4 Å². The summed E-state index contributed by atoms with van der Waals surface area (Å²) >= 11 is 6.20. The first-order valence-corrected chi connectivity index (χ1v) is 11.4. The summed E-state index contributed by atoms with van der Waals surface area (Å²) in [4.78, 5) is 21.4. The SMILES string of the molecule is CN1CCN(Cc2ccc(CNC(=O)CCc3ncc(-c4ccccc4Cl)o3)cc2)CC1. The second-order valence-electron chi connectivity index (χ2n) is 8.27. The number of likely N-dealkylation sites (N-methyl/N-ethyl adjacent to an activating group) is 1. The molecule has 3 aromatic rings. The molecule has 1 aromatic heterocycles. The van der Waals surface area contributed by atoms with Crippen LogP contribution in [0.5, 0.6) is 0 Å². The van der Waals surface area contributed by atoms with Crippen molar-refractivity contribution in [3.05, 3.63) is 76.8 Å². The van der Waals surface area contributed by atoms with Crippen LogP contribution in [0.2, 0.25) is 5.02 Å². The fraction of sp³-hybridized carbons (Fsp3) is 0.360. The Morgan fingerprint density at radius 1 is 1.06 bits per heavy atom. The predicted molar refractivity (Wildman–Crippen MR) is 126 cm³/mol. The van der Waals surface area contributed by atoms with Gasteiger partial charge in [0.05, 0.1) is 11.2 Å². The van der Waals surface area contributed by atoms with Crippen LogP contribution in [0.4, 0.5) is 0 Å². The molecule has 0 spiro atoms. The van der Waals surface area contributed by atoms with E-state index in [9.17, 15) is 4.79 Å². The van der Waals surface area contributed by atoms with Gasteiger partial charge in [0.1, 0.15) is 0 Å². The molecule has 7 heteroatoms. The number of halogens is 1. The number of rotatable bonds is 8. The highest BCUT2D eigenvalue weighted by Gasteiger charge is 2.14. The van der Waals surface area contributed by atoms with Crippen molar-refractivity contribution in [1.29, 1.82) is 0 Å². The van der Waals surface area contributed by atoms with E-state index < -0.39 is 0 Å². The smallest absolute Gasteiger partial charge is 0.220 e. The fourth-order valence-electron chi connectivity index (χ4n) is 3.75. The lowest BCUT2D eigenvalue weighted by atomic mass is 10.1. The zero-order valence-electron chi connectivity index (χ0n) is 18.4. The number of hydrogen-bond acceptors (Lipinski definition) is 5. The van der Waals surface area contributed by atoms with Crippen LogP contribution in [-0.2, 0) is 24.3 Å². The normalized spacial score (nSPS) is 15.1. The Labute approximate surface area is 194 Å². The lowest BCUT2D eigenvalue weighted by Gasteiger charge is -2.32. The summed E-state index contributed by atoms with van der Waals surface area (Å²) in [5.74, 6) is 1.12. The molecule has 0 bridgehead atoms. The topological polar surface area (TPSA) is 61.6 Å². The maximum atomic E-state index is 12.3. The lowest BCUT2D eigenvalue weighted by molar-refractivity contribution is -0.121. The van der Waals surface area contributed by atoms with Crippen LogP contribution in [0.3, 0.4) is 0 Å². The quantitative estimate of drug-likeness (QED) is 0.560. The predicted octanol–water partition coefficient (Wildman–Crippen LogP) is 3.99. The number of oxazole rings is 1. The van der Waals surface area contributed by atoms with Crippen LogP contribution >= 0.6 is 11.6 Å². The maximum Gasteiger partial charge on any atom is 0.220 e. The van der Waals surface area contributed by atoms with Gasteiger partial charge in [-0.3, -0.25) is 9.69 Å². The van der Waals surface area contributed by atoms with Crippen LogP contribution in [0.25, 0.3) is 11.3 Å². The van der Waals surface area contributed by atoms with E-state index in [-0.39, 0.29) is 5.91 Å². The molecule has 32 heavy (non-hydrogen) atoms. The highest BCUT2D eigenvalue weighted by molar-refractivity contribution is 6.33. The molecule has 0 atom stereocenters. The first kappa shape index (κ1) is 22.5. The Kier molecular flexibility index (Phi) is 7.58. The fourth-order valence-corrected chi connectivity index (χ4v) is 3.98. The molecule has 6 nitrogen and oxygen atoms in total. The Balaban J connectivity index is 1.20. The molecule has 168 valence electrons. The molecule has 0 aliphatic carbocycles. The number of carbonyl (C=O) groups excluding carboxylic acids is 1. The van der Waals surface area contributed by atoms with E-state index in [1.165, 1.54) is 5.56 Å². The third-order valence-corrected chi connectivity index (χ3v) is 6.10. The first-order valence-electron chi connectivity index (χ1n) is 11.0. The van der Waals surface area contributed by atoms with Gasteiger partial charge in [-0.2, -0.15) is 0 Å². The minimum absolute atomic E-state index is 0.0241. The summed E-state index contributed by atoms with van der Waals surface area (Å²) < 4.78 is 5.76. The molecule has 1 aliphatic rings. The van der Waals surface area contributed by atoms with Gasteiger partial charge in [-0.05, 0) is 30.3 Å². The van der Waals surface area contributed by atoms with Gasteiger partial charge in [0, 0.05) is 57.7 Å². The van der Waals surface area contributed by atoms with E-state index in [1.807, 2.05) is 24.3 Å². The highest BCUT2D eigenvalue weighted by atomic mass is 35.5. The third-order valence-electron chi connectivity index (χ3n) is 5.77. The second-order valence-corrected chi connectivity index (χ2v) is 8.68. The number of aromatic nitrogens is 1. The van der Waals surface area contributed by atoms with E-state index >= 15 is 0 Å². The molecule has 1 N–H and O–H groups in total. The summed E-state index contributed by atoms with van der Waals surface area (Å²) in [6.45, 7) is 5.96. The zero-order valence-corrected chi connectivity index (χ0v) is 19.1. The van der Waals surface area contributed by atoms with Gasteiger partial charge in [-0.1, -0.05) is 48.0 Å². The molecule has 0 unspecified atom stereocenters. The summed E-state index contributed by atoms with van der Waals surface area (Å²) in [5.41, 5.74) is 3.20. The Hall–Kier alpha value is -2.67. The van der Waals surface area contributed by atoms with Crippen LogP contribution < -0.4 is 5.32 Å². The van der Waals surface area contributed by atoms with Crippen molar-refractivity contribution in [2.24, 2.45) is 0 Å². The summed E-state index contributed by atoms with van der Waals surface area (Å²) in [5, 5.41) is 3.59. The van der Waals surface area contributed by atoms with Gasteiger partial charge in [-0.25, -0.2) is 4.98 Å². The van der Waals surface area contributed by atoms with Crippen LogP contribution in [0, 0.1) is 0 Å². The van der Waals surface area contributed by atoms with E-state index in [0.29, 0.717) is 36.1 Å². The molecule has 1 fully saturated rings. The van der Waals surface area contributed by atoms with Gasteiger partial charge in [0.2, 0.25) is 5.91 Å². The van der Waals surface area contributed by atoms with Crippen molar-refractivity contribution in [2.75, 3.05) is 33.2 Å². The number of benzene rings is 2. The molecule has 0 radical (unpaired) electrons. The van der Waals surface area contributed by atoms with E-state index in [0.717, 1.165) is 43.9 Å². The first-order chi connectivity index (χ1) is 15.6. The van der Waals surface area contributed by atoms with Crippen molar-refractivity contribution in [2.45, 2.75) is 25.9 Å². The third kappa shape index (κ3) is 6.19. The molecular weight excluding hydrogens is 424 g/mol. The summed E-state index contributed by atoms with van der Waals surface area (Å²) in [6.07, 6.45) is 2.42. The van der Waals surface area contributed by atoms with Crippen molar-refractivity contribution in [1.82, 2.24) is 20.1 Å². The highest BCUT2D eigenvalue weighted by Crippen LogP contribution is 2.28. The van der Waals surface area contributed by atoms with Gasteiger partial charge < -0.3 is 14.6 Å². The Morgan fingerprint density at radius 3 is 2.53 bits per heavy atom. The number of hydrogen-bond donors (Lipinski definition) is 1. The van der Waals surface area contributed by atoms with Crippen molar-refractivity contribution >= 4 is 17.5 Å². The average Bonchev–Trinajstić information content (AvgIpc) is 3.28. The van der Waals surface area contributed by atoms with Crippen molar-refractivity contribution in [3.63, 3.8) is 0 Å². The number of piperazine rings is 1. The van der Waals surface area contributed by atoms with E-state index in [1.54, 1.807) is 6.20 Å². The largest absolute Gasteiger partial charge is 0.441 e. The van der Waals surface area contributed by atoms with Crippen LogP contribution in [0.15, 0.2) is 59.1 Å². The van der Waals surface area contributed by atoms with Gasteiger partial charge in [-0.15, -0.1) is 0 Å². The van der Waals surface area contributed by atoms with Gasteiger partial charge >= 0.3 is 0 Å². The Morgan fingerprint density at radius 2 is 1.78 bits per heavy atom. The lowest BCUT2D eigenvalue weighted by Crippen LogP contribution is -2.43. The molecule has 0 saturated carbocycles. The summed E-state index contributed by atoms with van der Waals surface area (Å²) in [6, 6.07) is 16.0. The molecule has 4 rings (SSSR count). The zero-order chi connectivity index (χ0) is 22.3. The average molecular weight is 453 g/mol. The molecule has 2 aromatic carbocycles. The standard InChI is InChI=1S/C25H29ClN4O2/c1-29-12-14-30(15-13-29)18-20-8-6-19(7-9-20)16-27-24(31)10-11-25-28-17-23(32-25)21-4-2-3-5-22(21)26/h2-9,17H,10-16,18H2,1H3,(H,27,31). The molecular formula is C25H29ClN4O2. The number of amides is 1. The molecule has 2 heterocycles. The molecule has 1 aliphatic heterocycles. The number of nitrogens with zero attached hydrogens (tertiary/aromatic N) is 3. The van der Waals surface area contributed by atoms with E-state index in [4.69, 9.17) is 16.0 Å². The number of aryl methyl sites for hydroxylation is 1. The Bertz CT molecular complexity index is 1030. The van der Waals surface area contributed by atoms with Crippen molar-refractivity contribution in [3.8, 4) is 11.3 Å². The minimum atomic E-state index is -0.0241. The van der Waals surface area contributed by atoms with Crippen LogP contribution in [-0.4, -0.2) is 53.9 Å². The molecule has 1 amide bonds. The molecule has 1 saturated heterocycles. The number of carbonyl (C=O) groups is 1. The maximum absolute atomic E-state index is 12.3. The van der Waals surface area contributed by atoms with E-state index in [2.05, 4.69) is 51.4 Å². The summed E-state index contributed by atoms with van der Waals surface area (Å²) in [7, 11) is 2.17. The van der Waals surface area contributed by atoms with Gasteiger partial charge in [0.15, 0.2) is 11.7 Å². The second kappa shape index (κ2) is 10.8. The monoisotopic (exact) mass is 452 g/mol.